The zero-order valence-electron chi connectivity index (χ0n) is 13.6. The van der Waals surface area contributed by atoms with Crippen molar-refractivity contribution in [3.8, 4) is 0 Å². The molecule has 0 aromatic carbocycles. The lowest BCUT2D eigenvalue weighted by atomic mass is 9.79. The number of hydrogen-bond donors (Lipinski definition) is 1. The standard InChI is InChI=1S/C17H31NO3/c1-13-4-3-5-15(12-13)14(2)18-17(19)8-11-21-16-6-9-20-10-7-16/h13-16H,3-12H2,1-2H3,(H,18,19)/t13-,14+,15+/m1/s1. The van der Waals surface area contributed by atoms with Gasteiger partial charge in [-0.05, 0) is 44.4 Å². The number of ether oxygens (including phenoxy) is 2. The first-order chi connectivity index (χ1) is 10.1. The van der Waals surface area contributed by atoms with Gasteiger partial charge in [0.25, 0.3) is 0 Å². The summed E-state index contributed by atoms with van der Waals surface area (Å²) < 4.78 is 11.1. The van der Waals surface area contributed by atoms with Crippen LogP contribution in [0.25, 0.3) is 0 Å². The zero-order valence-corrected chi connectivity index (χ0v) is 13.6. The van der Waals surface area contributed by atoms with Crippen molar-refractivity contribution >= 4 is 5.91 Å². The number of carbonyl (C=O) groups is 1. The summed E-state index contributed by atoms with van der Waals surface area (Å²) in [6.07, 6.45) is 7.82. The SMILES string of the molecule is C[C@@H]1CCC[C@H]([C@H](C)NC(=O)CCOC2CCOCC2)C1. The van der Waals surface area contributed by atoms with Crippen LogP contribution in [0.5, 0.6) is 0 Å². The van der Waals surface area contributed by atoms with Crippen molar-refractivity contribution in [2.45, 2.75) is 70.9 Å². The van der Waals surface area contributed by atoms with E-state index in [0.29, 0.717) is 25.0 Å². The molecule has 0 unspecified atom stereocenters. The Labute approximate surface area is 129 Å². The van der Waals surface area contributed by atoms with Crippen LogP contribution in [0.2, 0.25) is 0 Å². The van der Waals surface area contributed by atoms with Crippen molar-refractivity contribution in [2.75, 3.05) is 19.8 Å². The molecule has 1 heterocycles. The Morgan fingerprint density at radius 1 is 1.29 bits per heavy atom. The largest absolute Gasteiger partial charge is 0.381 e. The molecule has 0 radical (unpaired) electrons. The quantitative estimate of drug-likeness (QED) is 0.820. The Morgan fingerprint density at radius 2 is 2.05 bits per heavy atom. The molecule has 0 aromatic heterocycles. The predicted octanol–water partition coefficient (Wildman–Crippen LogP) is 2.90. The summed E-state index contributed by atoms with van der Waals surface area (Å²) in [7, 11) is 0. The molecule has 2 rings (SSSR count). The summed E-state index contributed by atoms with van der Waals surface area (Å²) in [4.78, 5) is 12.0. The maximum Gasteiger partial charge on any atom is 0.222 e. The van der Waals surface area contributed by atoms with Gasteiger partial charge in [-0.3, -0.25) is 4.79 Å². The van der Waals surface area contributed by atoms with Crippen LogP contribution in [-0.4, -0.2) is 37.9 Å². The second kappa shape index (κ2) is 8.74. The molecule has 4 nitrogen and oxygen atoms in total. The second-order valence-corrected chi connectivity index (χ2v) is 6.82. The number of rotatable bonds is 6. The molecule has 4 heteroatoms. The highest BCUT2D eigenvalue weighted by Gasteiger charge is 2.24. The molecule has 2 aliphatic rings. The van der Waals surface area contributed by atoms with Crippen LogP contribution >= 0.6 is 0 Å². The second-order valence-electron chi connectivity index (χ2n) is 6.82. The van der Waals surface area contributed by atoms with Gasteiger partial charge in [0.2, 0.25) is 5.91 Å². The molecular weight excluding hydrogens is 266 g/mol. The normalized spacial score (nSPS) is 29.0. The third-order valence-electron chi connectivity index (χ3n) is 4.92. The van der Waals surface area contributed by atoms with E-state index in [2.05, 4.69) is 19.2 Å². The first-order valence-corrected chi connectivity index (χ1v) is 8.64. The van der Waals surface area contributed by atoms with Crippen LogP contribution in [0.4, 0.5) is 0 Å². The van der Waals surface area contributed by atoms with Crippen LogP contribution in [0.15, 0.2) is 0 Å². The predicted molar refractivity (Wildman–Crippen MR) is 83.1 cm³/mol. The summed E-state index contributed by atoms with van der Waals surface area (Å²) >= 11 is 0. The third kappa shape index (κ3) is 5.95. The van der Waals surface area contributed by atoms with Gasteiger partial charge in [0, 0.05) is 25.7 Å². The van der Waals surface area contributed by atoms with Gasteiger partial charge in [-0.1, -0.05) is 19.8 Å². The van der Waals surface area contributed by atoms with Gasteiger partial charge in [-0.25, -0.2) is 0 Å². The van der Waals surface area contributed by atoms with Crippen LogP contribution < -0.4 is 5.32 Å². The van der Waals surface area contributed by atoms with Gasteiger partial charge >= 0.3 is 0 Å². The minimum Gasteiger partial charge on any atom is -0.381 e. The Hall–Kier alpha value is -0.610. The fourth-order valence-electron chi connectivity index (χ4n) is 3.54. The zero-order chi connectivity index (χ0) is 15.1. The van der Waals surface area contributed by atoms with Crippen LogP contribution in [0.1, 0.15) is 58.8 Å². The molecule has 0 spiro atoms. The monoisotopic (exact) mass is 297 g/mol. The molecule has 1 aliphatic heterocycles. The van der Waals surface area contributed by atoms with Gasteiger partial charge in [0.15, 0.2) is 0 Å². The summed E-state index contributed by atoms with van der Waals surface area (Å²) in [5.74, 6) is 1.59. The highest BCUT2D eigenvalue weighted by Crippen LogP contribution is 2.30. The third-order valence-corrected chi connectivity index (χ3v) is 4.92. The summed E-state index contributed by atoms with van der Waals surface area (Å²) in [5, 5.41) is 3.16. The fraction of sp³-hybridized carbons (Fsp3) is 0.941. The highest BCUT2D eigenvalue weighted by atomic mass is 16.5. The molecule has 1 N–H and O–H groups in total. The van der Waals surface area contributed by atoms with E-state index in [9.17, 15) is 4.79 Å². The average Bonchev–Trinajstić information content (AvgIpc) is 2.48. The molecule has 122 valence electrons. The Balaban J connectivity index is 1.59. The van der Waals surface area contributed by atoms with E-state index in [4.69, 9.17) is 9.47 Å². The maximum atomic E-state index is 12.0. The molecule has 0 bridgehead atoms. The smallest absolute Gasteiger partial charge is 0.222 e. The van der Waals surface area contributed by atoms with Crippen molar-refractivity contribution in [1.29, 1.82) is 0 Å². The lowest BCUT2D eigenvalue weighted by Gasteiger charge is -2.31. The maximum absolute atomic E-state index is 12.0. The van der Waals surface area contributed by atoms with E-state index in [1.165, 1.54) is 25.7 Å². The first kappa shape index (κ1) is 16.8. The number of nitrogens with one attached hydrogen (secondary N) is 1. The first-order valence-electron chi connectivity index (χ1n) is 8.64. The van der Waals surface area contributed by atoms with Gasteiger partial charge in [0.1, 0.15) is 0 Å². The number of amides is 1. The summed E-state index contributed by atoms with van der Waals surface area (Å²) in [6, 6.07) is 0.295. The number of carbonyl (C=O) groups excluding carboxylic acids is 1. The molecule has 1 aliphatic carbocycles. The van der Waals surface area contributed by atoms with Gasteiger partial charge in [0.05, 0.1) is 12.7 Å². The molecule has 2 fully saturated rings. The van der Waals surface area contributed by atoms with Gasteiger partial charge < -0.3 is 14.8 Å². The Kier molecular flexibility index (Phi) is 6.97. The molecule has 1 saturated carbocycles. The summed E-state index contributed by atoms with van der Waals surface area (Å²) in [6.45, 7) is 6.58. The molecule has 0 aromatic rings. The highest BCUT2D eigenvalue weighted by molar-refractivity contribution is 5.76. The van der Waals surface area contributed by atoms with E-state index in [-0.39, 0.29) is 12.0 Å². The van der Waals surface area contributed by atoms with Crippen molar-refractivity contribution in [1.82, 2.24) is 5.32 Å². The molecule has 21 heavy (non-hydrogen) atoms. The average molecular weight is 297 g/mol. The molecule has 3 atom stereocenters. The van der Waals surface area contributed by atoms with Gasteiger partial charge in [-0.15, -0.1) is 0 Å². The minimum atomic E-state index is 0.132. The molecule has 1 amide bonds. The topological polar surface area (TPSA) is 47.6 Å². The lowest BCUT2D eigenvalue weighted by molar-refractivity contribution is -0.124. The summed E-state index contributed by atoms with van der Waals surface area (Å²) in [5.41, 5.74) is 0. The van der Waals surface area contributed by atoms with E-state index in [1.807, 2.05) is 0 Å². The Bertz CT molecular complexity index is 315. The van der Waals surface area contributed by atoms with E-state index >= 15 is 0 Å². The number of hydrogen-bond acceptors (Lipinski definition) is 3. The van der Waals surface area contributed by atoms with Crippen LogP contribution in [0, 0.1) is 11.8 Å². The van der Waals surface area contributed by atoms with E-state index < -0.39 is 0 Å². The van der Waals surface area contributed by atoms with Crippen LogP contribution in [0.3, 0.4) is 0 Å². The van der Waals surface area contributed by atoms with Crippen molar-refractivity contribution < 1.29 is 14.3 Å². The molecular formula is C17H31NO3. The van der Waals surface area contributed by atoms with Crippen molar-refractivity contribution in [2.24, 2.45) is 11.8 Å². The van der Waals surface area contributed by atoms with Gasteiger partial charge in [-0.2, -0.15) is 0 Å². The fourth-order valence-corrected chi connectivity index (χ4v) is 3.54. The molecule has 1 saturated heterocycles. The van der Waals surface area contributed by atoms with Crippen molar-refractivity contribution in [3.05, 3.63) is 0 Å². The van der Waals surface area contributed by atoms with E-state index in [1.54, 1.807) is 0 Å². The minimum absolute atomic E-state index is 0.132. The van der Waals surface area contributed by atoms with E-state index in [0.717, 1.165) is 32.0 Å². The van der Waals surface area contributed by atoms with Crippen LogP contribution in [-0.2, 0) is 14.3 Å². The van der Waals surface area contributed by atoms with Crippen molar-refractivity contribution in [3.63, 3.8) is 0 Å². The lowest BCUT2D eigenvalue weighted by Crippen LogP contribution is -2.40. The Morgan fingerprint density at radius 3 is 2.76 bits per heavy atom.